The highest BCUT2D eigenvalue weighted by Crippen LogP contribution is 2.04. The van der Waals surface area contributed by atoms with Crippen molar-refractivity contribution < 1.29 is 17.5 Å². The topological polar surface area (TPSA) is 63.2 Å². The van der Waals surface area contributed by atoms with Gasteiger partial charge in [-0.05, 0) is 13.3 Å². The van der Waals surface area contributed by atoms with Gasteiger partial charge in [0.2, 0.25) is 6.33 Å². The first-order valence-electron chi connectivity index (χ1n) is 5.44. The maximum absolute atomic E-state index is 10.8. The van der Waals surface area contributed by atoms with Crippen LogP contribution in [-0.2, 0) is 23.2 Å². The largest absolute Gasteiger partial charge is 0.285 e. The number of hydrogen-bond acceptors (Lipinski definition) is 2. The molecule has 92 valence electrons. The maximum Gasteiger partial charge on any atom is 0.267 e. The Morgan fingerprint density at radius 1 is 1.50 bits per heavy atom. The summed E-state index contributed by atoms with van der Waals surface area (Å²) in [4.78, 5) is 0. The molecule has 0 aliphatic carbocycles. The number of hydrogen-bond donors (Lipinski definition) is 1. The molecule has 1 aromatic heterocycles. The van der Waals surface area contributed by atoms with Gasteiger partial charge in [-0.25, -0.2) is 9.13 Å². The highest BCUT2D eigenvalue weighted by molar-refractivity contribution is 7.86. The molecule has 0 fully saturated rings. The van der Waals surface area contributed by atoms with Gasteiger partial charge in [-0.2, -0.15) is 8.42 Å². The fourth-order valence-electron chi connectivity index (χ4n) is 1.44. The Labute approximate surface area is 96.5 Å². The minimum Gasteiger partial charge on any atom is -0.285 e. The van der Waals surface area contributed by atoms with Gasteiger partial charge in [0.25, 0.3) is 10.1 Å². The summed E-state index contributed by atoms with van der Waals surface area (Å²) in [7, 11) is -3.90. The average Bonchev–Trinajstić information content (AvgIpc) is 2.61. The molecule has 0 aliphatic rings. The average molecular weight is 247 g/mol. The van der Waals surface area contributed by atoms with Crippen LogP contribution in [-0.4, -0.2) is 22.8 Å². The van der Waals surface area contributed by atoms with E-state index in [1.54, 1.807) is 0 Å². The minimum atomic E-state index is -3.90. The van der Waals surface area contributed by atoms with Crippen LogP contribution in [0.1, 0.15) is 26.7 Å². The Kier molecular flexibility index (Phi) is 4.49. The van der Waals surface area contributed by atoms with E-state index in [9.17, 15) is 8.42 Å². The SMILES string of the molecule is CCC[n+]1ccn(CCC(C)S(=O)(=O)O)c1. The number of rotatable bonds is 6. The molecule has 0 aliphatic heterocycles. The van der Waals surface area contributed by atoms with E-state index in [2.05, 4.69) is 11.5 Å². The van der Waals surface area contributed by atoms with E-state index in [1.807, 2.05) is 23.3 Å². The number of aryl methyl sites for hydroxylation is 2. The van der Waals surface area contributed by atoms with Gasteiger partial charge < -0.3 is 0 Å². The van der Waals surface area contributed by atoms with Crippen LogP contribution in [0.15, 0.2) is 18.7 Å². The third-order valence-corrected chi connectivity index (χ3v) is 3.78. The smallest absolute Gasteiger partial charge is 0.267 e. The van der Waals surface area contributed by atoms with Crippen molar-refractivity contribution in [3.63, 3.8) is 0 Å². The molecule has 0 radical (unpaired) electrons. The van der Waals surface area contributed by atoms with Crippen LogP contribution in [0.5, 0.6) is 0 Å². The van der Waals surface area contributed by atoms with E-state index in [-0.39, 0.29) is 0 Å². The van der Waals surface area contributed by atoms with Crippen LogP contribution in [0.4, 0.5) is 0 Å². The number of imidazole rings is 1. The van der Waals surface area contributed by atoms with Crippen molar-refractivity contribution in [2.24, 2.45) is 0 Å². The highest BCUT2D eigenvalue weighted by Gasteiger charge is 2.18. The zero-order valence-electron chi connectivity index (χ0n) is 9.70. The quantitative estimate of drug-likeness (QED) is 0.599. The van der Waals surface area contributed by atoms with Gasteiger partial charge in [-0.3, -0.25) is 4.55 Å². The lowest BCUT2D eigenvalue weighted by Crippen LogP contribution is -2.30. The normalized spacial score (nSPS) is 13.9. The first kappa shape index (κ1) is 13.2. The van der Waals surface area contributed by atoms with Crippen LogP contribution >= 0.6 is 0 Å². The summed E-state index contributed by atoms with van der Waals surface area (Å²) in [6.45, 7) is 5.17. The lowest BCUT2D eigenvalue weighted by Gasteiger charge is -2.05. The van der Waals surface area contributed by atoms with Crippen molar-refractivity contribution in [3.05, 3.63) is 18.7 Å². The van der Waals surface area contributed by atoms with Gasteiger partial charge in [-0.1, -0.05) is 6.92 Å². The molecule has 1 aromatic rings. The monoisotopic (exact) mass is 247 g/mol. The predicted molar refractivity (Wildman–Crippen MR) is 60.5 cm³/mol. The minimum absolute atomic E-state index is 0.416. The molecule has 6 heteroatoms. The molecular formula is C10H19N2O3S+. The third kappa shape index (κ3) is 3.94. The molecule has 0 amide bonds. The van der Waals surface area contributed by atoms with Crippen LogP contribution in [0.3, 0.4) is 0 Å². The lowest BCUT2D eigenvalue weighted by atomic mass is 10.3. The zero-order valence-corrected chi connectivity index (χ0v) is 10.5. The van der Waals surface area contributed by atoms with E-state index in [0.29, 0.717) is 13.0 Å². The van der Waals surface area contributed by atoms with Crippen molar-refractivity contribution in [1.82, 2.24) is 4.57 Å². The first-order valence-corrected chi connectivity index (χ1v) is 6.95. The molecule has 1 N–H and O–H groups in total. The summed E-state index contributed by atoms with van der Waals surface area (Å²) >= 11 is 0. The van der Waals surface area contributed by atoms with Crippen molar-refractivity contribution in [2.45, 2.75) is 45.0 Å². The predicted octanol–water partition coefficient (Wildman–Crippen LogP) is 0.852. The molecule has 1 rings (SSSR count). The van der Waals surface area contributed by atoms with Crippen molar-refractivity contribution in [1.29, 1.82) is 0 Å². The third-order valence-electron chi connectivity index (χ3n) is 2.53. The Bertz CT molecular complexity index is 425. The van der Waals surface area contributed by atoms with Gasteiger partial charge in [0.1, 0.15) is 12.4 Å². The van der Waals surface area contributed by atoms with Gasteiger partial charge in [-0.15, -0.1) is 0 Å². The summed E-state index contributed by atoms with van der Waals surface area (Å²) in [6.07, 6.45) is 7.30. The summed E-state index contributed by atoms with van der Waals surface area (Å²) in [5.41, 5.74) is 0. The molecule has 1 unspecified atom stereocenters. The van der Waals surface area contributed by atoms with E-state index < -0.39 is 15.4 Å². The molecule has 0 aromatic carbocycles. The number of aromatic nitrogens is 2. The van der Waals surface area contributed by atoms with Crippen molar-refractivity contribution in [3.8, 4) is 0 Å². The van der Waals surface area contributed by atoms with E-state index in [0.717, 1.165) is 13.0 Å². The summed E-state index contributed by atoms with van der Waals surface area (Å²) in [5.74, 6) is 0. The van der Waals surface area contributed by atoms with E-state index in [1.165, 1.54) is 6.92 Å². The van der Waals surface area contributed by atoms with Crippen LogP contribution < -0.4 is 4.57 Å². The fourth-order valence-corrected chi connectivity index (χ4v) is 1.84. The Morgan fingerprint density at radius 2 is 2.19 bits per heavy atom. The van der Waals surface area contributed by atoms with Crippen LogP contribution in [0.25, 0.3) is 0 Å². The van der Waals surface area contributed by atoms with Gasteiger partial charge >= 0.3 is 0 Å². The molecule has 5 nitrogen and oxygen atoms in total. The second kappa shape index (κ2) is 5.45. The van der Waals surface area contributed by atoms with Crippen molar-refractivity contribution in [2.75, 3.05) is 0 Å². The van der Waals surface area contributed by atoms with E-state index >= 15 is 0 Å². The number of nitrogens with zero attached hydrogens (tertiary/aromatic N) is 2. The maximum atomic E-state index is 10.8. The first-order chi connectivity index (χ1) is 7.43. The Morgan fingerprint density at radius 3 is 2.75 bits per heavy atom. The van der Waals surface area contributed by atoms with Crippen molar-refractivity contribution >= 4 is 10.1 Å². The summed E-state index contributed by atoms with van der Waals surface area (Å²) in [5, 5.41) is -0.713. The molecular weight excluding hydrogens is 228 g/mol. The second-order valence-electron chi connectivity index (χ2n) is 4.00. The second-order valence-corrected chi connectivity index (χ2v) is 5.84. The molecule has 16 heavy (non-hydrogen) atoms. The molecule has 0 spiro atoms. The fraction of sp³-hybridized carbons (Fsp3) is 0.700. The molecule has 1 atom stereocenters. The van der Waals surface area contributed by atoms with Gasteiger partial charge in [0.05, 0.1) is 18.3 Å². The summed E-state index contributed by atoms with van der Waals surface area (Å²) < 4.78 is 34.4. The molecule has 0 saturated carbocycles. The zero-order chi connectivity index (χ0) is 12.2. The molecule has 1 heterocycles. The lowest BCUT2D eigenvalue weighted by molar-refractivity contribution is -0.696. The summed E-state index contributed by atoms with van der Waals surface area (Å²) in [6, 6.07) is 0. The van der Waals surface area contributed by atoms with Crippen LogP contribution in [0, 0.1) is 0 Å². The van der Waals surface area contributed by atoms with E-state index in [4.69, 9.17) is 4.55 Å². The van der Waals surface area contributed by atoms with Gasteiger partial charge in [0, 0.05) is 6.42 Å². The van der Waals surface area contributed by atoms with Crippen LogP contribution in [0.2, 0.25) is 0 Å². The highest BCUT2D eigenvalue weighted by atomic mass is 32.2. The Hall–Kier alpha value is -0.880. The molecule has 0 saturated heterocycles. The van der Waals surface area contributed by atoms with Gasteiger partial charge in [0.15, 0.2) is 0 Å². The molecule has 0 bridgehead atoms. The standard InChI is InChI=1S/C10H18N2O3S/c1-3-5-11-7-8-12(9-11)6-4-10(2)16(13,14)15/h7-10H,3-6H2,1-2H3/p+1. The Balaban J connectivity index is 2.48.